The average molecular weight is 364 g/mol. The lowest BCUT2D eigenvalue weighted by Gasteiger charge is -2.40. The smallest absolute Gasteiger partial charge is 0.187 e. The summed E-state index contributed by atoms with van der Waals surface area (Å²) in [6.45, 7) is 0.902. The lowest BCUT2D eigenvalue weighted by Crippen LogP contribution is -2.59. The molecule has 1 aliphatic rings. The van der Waals surface area contributed by atoms with Gasteiger partial charge in [0.25, 0.3) is 0 Å². The lowest BCUT2D eigenvalue weighted by atomic mass is 9.99. The maximum absolute atomic E-state index is 9.90. The van der Waals surface area contributed by atoms with Crippen LogP contribution in [0.2, 0.25) is 0 Å². The third kappa shape index (κ3) is 7.12. The first-order valence-corrected chi connectivity index (χ1v) is 8.07. The normalized spacial score (nSPS) is 30.2. The van der Waals surface area contributed by atoms with Crippen molar-refractivity contribution in [3.63, 3.8) is 0 Å². The van der Waals surface area contributed by atoms with E-state index in [4.69, 9.17) is 14.6 Å². The first-order chi connectivity index (χ1) is 12.5. The molecule has 0 aromatic heterocycles. The Morgan fingerprint density at radius 2 is 1.69 bits per heavy atom. The van der Waals surface area contributed by atoms with Crippen LogP contribution in [0.15, 0.2) is 36.5 Å². The predicted molar refractivity (Wildman–Crippen MR) is 94.4 cm³/mol. The highest BCUT2D eigenvalue weighted by Gasteiger charge is 2.44. The van der Waals surface area contributed by atoms with Crippen molar-refractivity contribution in [1.29, 1.82) is 0 Å². The highest BCUT2D eigenvalue weighted by atomic mass is 16.7. The molecule has 0 amide bonds. The van der Waals surface area contributed by atoms with E-state index in [0.29, 0.717) is 0 Å². The third-order valence-electron chi connectivity index (χ3n) is 3.41. The molecule has 1 aliphatic heterocycles. The fraction of sp³-hybridized carbons (Fsp3) is 0.474. The Bertz CT molecular complexity index is 615. The topological polar surface area (TPSA) is 120 Å². The van der Waals surface area contributed by atoms with Crippen LogP contribution < -0.4 is 0 Å². The fourth-order valence-electron chi connectivity index (χ4n) is 2.03. The van der Waals surface area contributed by atoms with Crippen molar-refractivity contribution in [3.05, 3.63) is 36.5 Å². The molecule has 0 bridgehead atoms. The summed E-state index contributed by atoms with van der Waals surface area (Å²) in [6, 6.07) is 0. The lowest BCUT2D eigenvalue weighted by molar-refractivity contribution is -0.309. The summed E-state index contributed by atoms with van der Waals surface area (Å²) < 4.78 is 10.6. The molecule has 7 heteroatoms. The Kier molecular flexibility index (Phi) is 10.6. The summed E-state index contributed by atoms with van der Waals surface area (Å²) in [5.41, 5.74) is 0. The minimum absolute atomic E-state index is 0.403. The van der Waals surface area contributed by atoms with Gasteiger partial charge < -0.3 is 35.0 Å². The van der Waals surface area contributed by atoms with Gasteiger partial charge in [-0.3, -0.25) is 0 Å². The molecule has 0 aromatic rings. The largest absolute Gasteiger partial charge is 0.394 e. The van der Waals surface area contributed by atoms with Crippen molar-refractivity contribution in [1.82, 2.24) is 0 Å². The van der Waals surface area contributed by atoms with Crippen molar-refractivity contribution >= 4 is 0 Å². The standard InChI is InChI=1S/C19H24O7/c1-2-3-4-5-6-7-8-9-10-11-14(12-20)25-19-18(24)17(23)16(22)15(13-21)26-19/h2-3,8-11,14-24H,12-13H2,1H3/b3-2+,9-8+,11-10+/t14?,15-,16-,17+,18-,19-/m1/s1. The zero-order valence-corrected chi connectivity index (χ0v) is 14.4. The van der Waals surface area contributed by atoms with Crippen LogP contribution in [0.25, 0.3) is 0 Å². The maximum Gasteiger partial charge on any atom is 0.187 e. The minimum Gasteiger partial charge on any atom is -0.394 e. The second-order valence-electron chi connectivity index (χ2n) is 5.34. The van der Waals surface area contributed by atoms with E-state index in [9.17, 15) is 20.4 Å². The first-order valence-electron chi connectivity index (χ1n) is 8.07. The van der Waals surface area contributed by atoms with Gasteiger partial charge in [0.05, 0.1) is 13.2 Å². The number of rotatable bonds is 6. The van der Waals surface area contributed by atoms with Gasteiger partial charge in [-0.05, 0) is 30.9 Å². The molecule has 142 valence electrons. The van der Waals surface area contributed by atoms with Gasteiger partial charge in [-0.1, -0.05) is 36.1 Å². The van der Waals surface area contributed by atoms with E-state index in [0.717, 1.165) is 0 Å². The molecule has 26 heavy (non-hydrogen) atoms. The van der Waals surface area contributed by atoms with Gasteiger partial charge in [-0.25, -0.2) is 0 Å². The van der Waals surface area contributed by atoms with Gasteiger partial charge in [-0.15, -0.1) is 0 Å². The van der Waals surface area contributed by atoms with E-state index < -0.39 is 50.0 Å². The molecule has 0 saturated carbocycles. The first kappa shape index (κ1) is 22.1. The molecular formula is C19H24O7. The zero-order valence-electron chi connectivity index (χ0n) is 14.4. The summed E-state index contributed by atoms with van der Waals surface area (Å²) in [6.07, 6.45) is 2.02. The Balaban J connectivity index is 2.59. The highest BCUT2D eigenvalue weighted by Crippen LogP contribution is 2.23. The van der Waals surface area contributed by atoms with Gasteiger partial charge in [-0.2, -0.15) is 0 Å². The van der Waals surface area contributed by atoms with Crippen LogP contribution in [0.1, 0.15) is 6.92 Å². The molecule has 0 radical (unpaired) electrons. The molecule has 6 atom stereocenters. The summed E-state index contributed by atoms with van der Waals surface area (Å²) >= 11 is 0. The Morgan fingerprint density at radius 1 is 1.00 bits per heavy atom. The van der Waals surface area contributed by atoms with Gasteiger partial charge in [0, 0.05) is 0 Å². The van der Waals surface area contributed by atoms with Crippen LogP contribution in [-0.4, -0.2) is 75.6 Å². The van der Waals surface area contributed by atoms with Gasteiger partial charge in [0.2, 0.25) is 0 Å². The van der Waals surface area contributed by atoms with Crippen molar-refractivity contribution in [2.24, 2.45) is 0 Å². The minimum atomic E-state index is -1.53. The van der Waals surface area contributed by atoms with Crippen LogP contribution in [0, 0.1) is 23.7 Å². The van der Waals surface area contributed by atoms with Gasteiger partial charge >= 0.3 is 0 Å². The monoisotopic (exact) mass is 364 g/mol. The van der Waals surface area contributed by atoms with Crippen molar-refractivity contribution < 1.29 is 35.0 Å². The number of aliphatic hydroxyl groups excluding tert-OH is 5. The highest BCUT2D eigenvalue weighted by molar-refractivity contribution is 5.34. The molecule has 1 unspecified atom stereocenters. The Labute approximate surface area is 152 Å². The average Bonchev–Trinajstić information content (AvgIpc) is 2.65. The summed E-state index contributed by atoms with van der Waals surface area (Å²) in [5.74, 6) is 10.7. The number of ether oxygens (including phenoxy) is 2. The maximum atomic E-state index is 9.90. The summed E-state index contributed by atoms with van der Waals surface area (Å²) in [4.78, 5) is 0. The van der Waals surface area contributed by atoms with Crippen LogP contribution in [0.4, 0.5) is 0 Å². The van der Waals surface area contributed by atoms with Crippen LogP contribution in [0.5, 0.6) is 0 Å². The van der Waals surface area contributed by atoms with E-state index in [1.165, 1.54) is 6.08 Å². The van der Waals surface area contributed by atoms with E-state index in [-0.39, 0.29) is 0 Å². The summed E-state index contributed by atoms with van der Waals surface area (Å²) in [7, 11) is 0. The molecule has 1 fully saturated rings. The third-order valence-corrected chi connectivity index (χ3v) is 3.41. The fourth-order valence-corrected chi connectivity index (χ4v) is 2.03. The summed E-state index contributed by atoms with van der Waals surface area (Å²) in [5, 5.41) is 47.8. The van der Waals surface area contributed by atoms with Gasteiger partial charge in [0.1, 0.15) is 30.5 Å². The van der Waals surface area contributed by atoms with Crippen molar-refractivity contribution in [2.75, 3.05) is 13.2 Å². The second-order valence-corrected chi connectivity index (χ2v) is 5.34. The number of aliphatic hydroxyl groups is 5. The zero-order chi connectivity index (χ0) is 19.4. The predicted octanol–water partition coefficient (Wildman–Crippen LogP) is -1.14. The van der Waals surface area contributed by atoms with E-state index in [1.54, 1.807) is 30.4 Å². The Morgan fingerprint density at radius 3 is 2.31 bits per heavy atom. The molecule has 0 spiro atoms. The quantitative estimate of drug-likeness (QED) is 0.298. The van der Waals surface area contributed by atoms with Crippen molar-refractivity contribution in [2.45, 2.75) is 43.7 Å². The van der Waals surface area contributed by atoms with Gasteiger partial charge in [0.15, 0.2) is 6.29 Å². The molecule has 5 N–H and O–H groups in total. The SMILES string of the molecule is C/C=C/C#CC#C/C=C/C=C/C(CO)O[C@@H]1O[C@H](CO)[C@@H](O)[C@H](O)[C@H]1O. The molecular weight excluding hydrogens is 340 g/mol. The van der Waals surface area contributed by atoms with Crippen LogP contribution in [0.3, 0.4) is 0 Å². The van der Waals surface area contributed by atoms with Crippen molar-refractivity contribution in [3.8, 4) is 23.7 Å². The van der Waals surface area contributed by atoms with Crippen LogP contribution in [-0.2, 0) is 9.47 Å². The van der Waals surface area contributed by atoms with E-state index in [1.807, 2.05) is 6.92 Å². The molecule has 0 aromatic carbocycles. The number of hydrogen-bond acceptors (Lipinski definition) is 7. The molecule has 1 rings (SSSR count). The molecule has 0 aliphatic carbocycles. The Hall–Kier alpha value is -1.94. The van der Waals surface area contributed by atoms with E-state index >= 15 is 0 Å². The molecule has 1 heterocycles. The van der Waals surface area contributed by atoms with E-state index in [2.05, 4.69) is 23.7 Å². The molecule has 7 nitrogen and oxygen atoms in total. The number of allylic oxidation sites excluding steroid dienone is 5. The molecule has 1 saturated heterocycles. The second kappa shape index (κ2) is 12.4. The number of hydrogen-bond donors (Lipinski definition) is 5. The van der Waals surface area contributed by atoms with Crippen LogP contribution >= 0.6 is 0 Å².